The highest BCUT2D eigenvalue weighted by molar-refractivity contribution is 14.1. The van der Waals surface area contributed by atoms with Gasteiger partial charge in [-0.2, -0.15) is 0 Å². The molecule has 0 atom stereocenters. The van der Waals surface area contributed by atoms with E-state index in [4.69, 9.17) is 0 Å². The number of hydrogen-bond acceptors (Lipinski definition) is 1. The van der Waals surface area contributed by atoms with Gasteiger partial charge in [0, 0.05) is 9.26 Å². The average Bonchev–Trinajstić information content (AvgIpc) is 1.59. The zero-order valence-corrected chi connectivity index (χ0v) is 9.17. The summed E-state index contributed by atoms with van der Waals surface area (Å²) < 4.78 is 2.32. The number of halogens is 2. The van der Waals surface area contributed by atoms with E-state index < -0.39 is 0 Å². The van der Waals surface area contributed by atoms with Crippen molar-refractivity contribution < 1.29 is 0 Å². The fourth-order valence-corrected chi connectivity index (χ4v) is 2.65. The Bertz CT molecular complexity index is 172. The van der Waals surface area contributed by atoms with E-state index in [-0.39, 0.29) is 0 Å². The van der Waals surface area contributed by atoms with Crippen LogP contribution >= 0.6 is 45.2 Å². The highest BCUT2D eigenvalue weighted by Gasteiger charge is 1.91. The van der Waals surface area contributed by atoms with Crippen molar-refractivity contribution in [1.29, 1.82) is 0 Å². The van der Waals surface area contributed by atoms with E-state index in [2.05, 4.69) is 56.2 Å². The van der Waals surface area contributed by atoms with Crippen molar-refractivity contribution in [1.82, 2.24) is 4.98 Å². The van der Waals surface area contributed by atoms with E-state index >= 15 is 0 Å². The first-order valence-electron chi connectivity index (χ1n) is 2.48. The first-order valence-corrected chi connectivity index (χ1v) is 4.64. The van der Waals surface area contributed by atoms with Crippen LogP contribution in [0.3, 0.4) is 0 Å². The van der Waals surface area contributed by atoms with Crippen LogP contribution in [0.15, 0.2) is 12.1 Å². The molecule has 0 aromatic carbocycles. The molecule has 0 N–H and O–H groups in total. The minimum absolute atomic E-state index is 1.07. The highest BCUT2D eigenvalue weighted by atomic mass is 127. The number of pyridine rings is 1. The Morgan fingerprint density at radius 1 is 1.33 bits per heavy atom. The van der Waals surface area contributed by atoms with E-state index in [0.29, 0.717) is 0 Å². The van der Waals surface area contributed by atoms with Gasteiger partial charge in [0.05, 0.1) is 0 Å². The summed E-state index contributed by atoms with van der Waals surface area (Å²) >= 11 is 4.50. The molecular weight excluding hydrogens is 340 g/mol. The first kappa shape index (κ1) is 7.71. The van der Waals surface area contributed by atoms with Gasteiger partial charge in [-0.15, -0.1) is 0 Å². The Hall–Kier alpha value is 0.610. The van der Waals surface area contributed by atoms with Crippen LogP contribution in [-0.2, 0) is 0 Å². The minimum atomic E-state index is 1.07. The Kier molecular flexibility index (Phi) is 2.69. The molecule has 48 valence electrons. The van der Waals surface area contributed by atoms with E-state index in [1.165, 1.54) is 3.57 Å². The highest BCUT2D eigenvalue weighted by Crippen LogP contribution is 2.09. The maximum absolute atomic E-state index is 4.22. The van der Waals surface area contributed by atoms with Gasteiger partial charge in [-0.1, -0.05) is 0 Å². The molecule has 0 aliphatic heterocycles. The normalized spacial score (nSPS) is 9.67. The summed E-state index contributed by atoms with van der Waals surface area (Å²) in [6.45, 7) is 2.00. The second-order valence-electron chi connectivity index (χ2n) is 1.75. The van der Waals surface area contributed by atoms with Crippen LogP contribution in [-0.4, -0.2) is 4.98 Å². The lowest BCUT2D eigenvalue weighted by Crippen LogP contribution is -1.85. The SMILES string of the molecule is Cc1cc(I)cc(I)n1. The standard InChI is InChI=1S/C6H5I2N/c1-4-2-5(7)3-6(8)9-4/h2-3H,1H3. The monoisotopic (exact) mass is 345 g/mol. The van der Waals surface area contributed by atoms with Crippen LogP contribution in [0.2, 0.25) is 0 Å². The predicted molar refractivity (Wildman–Crippen MR) is 54.4 cm³/mol. The number of aryl methyl sites for hydroxylation is 1. The molecule has 0 amide bonds. The van der Waals surface area contributed by atoms with E-state index in [0.717, 1.165) is 9.39 Å². The van der Waals surface area contributed by atoms with Gasteiger partial charge in [-0.25, -0.2) is 4.98 Å². The lowest BCUT2D eigenvalue weighted by Gasteiger charge is -1.93. The third-order valence-electron chi connectivity index (χ3n) is 0.887. The van der Waals surface area contributed by atoms with Crippen molar-refractivity contribution in [3.63, 3.8) is 0 Å². The third-order valence-corrected chi connectivity index (χ3v) is 2.06. The lowest BCUT2D eigenvalue weighted by atomic mass is 10.4. The summed E-state index contributed by atoms with van der Waals surface area (Å²) in [5.41, 5.74) is 1.09. The van der Waals surface area contributed by atoms with Crippen molar-refractivity contribution in [3.05, 3.63) is 25.1 Å². The van der Waals surface area contributed by atoms with E-state index in [1.54, 1.807) is 0 Å². The molecule has 1 heterocycles. The van der Waals surface area contributed by atoms with Crippen LogP contribution in [0.5, 0.6) is 0 Å². The summed E-state index contributed by atoms with van der Waals surface area (Å²) in [6.07, 6.45) is 0. The Morgan fingerprint density at radius 3 is 2.44 bits per heavy atom. The summed E-state index contributed by atoms with van der Waals surface area (Å²) in [7, 11) is 0. The van der Waals surface area contributed by atoms with E-state index in [1.807, 2.05) is 13.0 Å². The number of nitrogens with zero attached hydrogens (tertiary/aromatic N) is 1. The third kappa shape index (κ3) is 2.37. The quantitative estimate of drug-likeness (QED) is 0.521. The molecule has 0 unspecified atom stereocenters. The van der Waals surface area contributed by atoms with Gasteiger partial charge < -0.3 is 0 Å². The fraction of sp³-hybridized carbons (Fsp3) is 0.167. The average molecular weight is 345 g/mol. The number of hydrogen-bond donors (Lipinski definition) is 0. The van der Waals surface area contributed by atoms with Crippen LogP contribution in [0, 0.1) is 14.2 Å². The van der Waals surface area contributed by atoms with Gasteiger partial charge in [0.25, 0.3) is 0 Å². The van der Waals surface area contributed by atoms with Crippen molar-refractivity contribution in [2.75, 3.05) is 0 Å². The summed E-state index contributed by atoms with van der Waals surface area (Å²) in [5, 5.41) is 0. The Morgan fingerprint density at radius 2 is 2.00 bits per heavy atom. The smallest absolute Gasteiger partial charge is 0.102 e. The summed E-state index contributed by atoms with van der Waals surface area (Å²) in [5.74, 6) is 0. The van der Waals surface area contributed by atoms with Crippen LogP contribution in [0.1, 0.15) is 5.69 Å². The zero-order valence-electron chi connectivity index (χ0n) is 4.86. The van der Waals surface area contributed by atoms with Crippen LogP contribution in [0.25, 0.3) is 0 Å². The molecule has 1 aromatic heterocycles. The topological polar surface area (TPSA) is 12.9 Å². The maximum atomic E-state index is 4.22. The van der Waals surface area contributed by atoms with Crippen molar-refractivity contribution in [3.8, 4) is 0 Å². The molecule has 0 aliphatic carbocycles. The summed E-state index contributed by atoms with van der Waals surface area (Å²) in [4.78, 5) is 4.22. The molecule has 0 aliphatic rings. The molecular formula is C6H5I2N. The summed E-state index contributed by atoms with van der Waals surface area (Å²) in [6, 6.07) is 4.11. The van der Waals surface area contributed by atoms with Gasteiger partial charge in [0.2, 0.25) is 0 Å². The van der Waals surface area contributed by atoms with Gasteiger partial charge in [0.1, 0.15) is 3.70 Å². The van der Waals surface area contributed by atoms with Crippen molar-refractivity contribution in [2.45, 2.75) is 6.92 Å². The lowest BCUT2D eigenvalue weighted by molar-refractivity contribution is 1.15. The van der Waals surface area contributed by atoms with Crippen LogP contribution in [0.4, 0.5) is 0 Å². The van der Waals surface area contributed by atoms with E-state index in [9.17, 15) is 0 Å². The molecule has 9 heavy (non-hydrogen) atoms. The molecule has 0 saturated heterocycles. The van der Waals surface area contributed by atoms with Gasteiger partial charge in [-0.05, 0) is 64.2 Å². The number of rotatable bonds is 0. The van der Waals surface area contributed by atoms with Gasteiger partial charge >= 0.3 is 0 Å². The second-order valence-corrected chi connectivity index (χ2v) is 4.10. The molecule has 1 aromatic rings. The van der Waals surface area contributed by atoms with Gasteiger partial charge in [0.15, 0.2) is 0 Å². The fourth-order valence-electron chi connectivity index (χ4n) is 0.588. The molecule has 0 spiro atoms. The molecule has 0 radical (unpaired) electrons. The minimum Gasteiger partial charge on any atom is -0.247 e. The number of aromatic nitrogens is 1. The first-order chi connectivity index (χ1) is 4.18. The maximum Gasteiger partial charge on any atom is 0.102 e. The molecule has 0 bridgehead atoms. The van der Waals surface area contributed by atoms with Crippen molar-refractivity contribution >= 4 is 45.2 Å². The predicted octanol–water partition coefficient (Wildman–Crippen LogP) is 2.60. The second kappa shape index (κ2) is 3.14. The zero-order chi connectivity index (χ0) is 6.85. The molecule has 0 saturated carbocycles. The Balaban J connectivity index is 3.17. The molecule has 1 rings (SSSR count). The Labute approximate surface area is 81.5 Å². The molecule has 1 nitrogen and oxygen atoms in total. The van der Waals surface area contributed by atoms with Gasteiger partial charge in [-0.3, -0.25) is 0 Å². The van der Waals surface area contributed by atoms with Crippen LogP contribution < -0.4 is 0 Å². The molecule has 3 heteroatoms. The van der Waals surface area contributed by atoms with Crippen molar-refractivity contribution in [2.24, 2.45) is 0 Å². The molecule has 0 fully saturated rings. The largest absolute Gasteiger partial charge is 0.247 e.